The molecule has 2 heterocycles. The summed E-state index contributed by atoms with van der Waals surface area (Å²) >= 11 is 0. The van der Waals surface area contributed by atoms with Gasteiger partial charge in [-0.1, -0.05) is 6.92 Å². The van der Waals surface area contributed by atoms with Crippen molar-refractivity contribution in [2.75, 3.05) is 0 Å². The molecule has 0 unspecified atom stereocenters. The maximum absolute atomic E-state index is 11.4. The van der Waals surface area contributed by atoms with E-state index < -0.39 is 0 Å². The molecule has 2 rings (SSSR count). The second-order valence-electron chi connectivity index (χ2n) is 3.28. The zero-order valence-electron chi connectivity index (χ0n) is 8.22. The van der Waals surface area contributed by atoms with Crippen LogP contribution in [0.25, 0.3) is 0 Å². The van der Waals surface area contributed by atoms with Crippen molar-refractivity contribution in [2.45, 2.75) is 26.7 Å². The first-order chi connectivity index (χ1) is 6.70. The second-order valence-corrected chi connectivity index (χ2v) is 3.28. The van der Waals surface area contributed by atoms with E-state index in [0.717, 1.165) is 17.7 Å². The Bertz CT molecular complexity index is 405. The molecule has 5 heteroatoms. The molecule has 0 atom stereocenters. The number of carbonyl (C=O) groups is 1. The average Bonchev–Trinajstić information content (AvgIpc) is 2.41. The number of rotatable bonds is 1. The van der Waals surface area contributed by atoms with E-state index in [4.69, 9.17) is 0 Å². The Hall–Kier alpha value is -1.65. The third-order valence-electron chi connectivity index (χ3n) is 2.22. The number of aryl methyl sites for hydroxylation is 1. The molecule has 74 valence electrons. The number of aromatic nitrogens is 2. The highest BCUT2D eigenvalue weighted by Crippen LogP contribution is 2.22. The first-order valence-corrected chi connectivity index (χ1v) is 4.62. The molecule has 1 amide bonds. The van der Waals surface area contributed by atoms with Crippen LogP contribution in [-0.4, -0.2) is 21.9 Å². The lowest BCUT2D eigenvalue weighted by molar-refractivity contribution is -0.119. The lowest BCUT2D eigenvalue weighted by Gasteiger charge is -1.99. The van der Waals surface area contributed by atoms with Crippen LogP contribution in [0.1, 0.15) is 25.1 Å². The maximum Gasteiger partial charge on any atom is 0.229 e. The van der Waals surface area contributed by atoms with Gasteiger partial charge < -0.3 is 5.32 Å². The van der Waals surface area contributed by atoms with Crippen molar-refractivity contribution in [2.24, 2.45) is 4.99 Å². The van der Waals surface area contributed by atoms with E-state index in [1.165, 1.54) is 0 Å². The molecule has 0 aliphatic carbocycles. The number of nitrogens with one attached hydrogen (secondary N) is 2. The van der Waals surface area contributed by atoms with Crippen LogP contribution in [0.2, 0.25) is 0 Å². The maximum atomic E-state index is 11.4. The number of amides is 1. The quantitative estimate of drug-likeness (QED) is 0.687. The molecular formula is C9H12N4O. The van der Waals surface area contributed by atoms with Crippen molar-refractivity contribution in [3.63, 3.8) is 0 Å². The minimum Gasteiger partial charge on any atom is -0.314 e. The molecule has 0 radical (unpaired) electrons. The van der Waals surface area contributed by atoms with Crippen molar-refractivity contribution in [3.05, 3.63) is 11.3 Å². The summed E-state index contributed by atoms with van der Waals surface area (Å²) in [6.07, 6.45) is 1.19. The molecule has 0 saturated carbocycles. The molecule has 14 heavy (non-hydrogen) atoms. The topological polar surface area (TPSA) is 70.1 Å². The summed E-state index contributed by atoms with van der Waals surface area (Å²) in [6, 6.07) is 0. The first kappa shape index (κ1) is 8.93. The van der Waals surface area contributed by atoms with E-state index >= 15 is 0 Å². The Kier molecular flexibility index (Phi) is 2.07. The van der Waals surface area contributed by atoms with Crippen molar-refractivity contribution >= 4 is 17.6 Å². The third kappa shape index (κ3) is 1.41. The van der Waals surface area contributed by atoms with E-state index in [9.17, 15) is 4.79 Å². The fraction of sp³-hybridized carbons (Fsp3) is 0.444. The number of hydrogen-bond donors (Lipinski definition) is 2. The molecule has 0 fully saturated rings. The summed E-state index contributed by atoms with van der Waals surface area (Å²) in [7, 11) is 0. The number of fused-ring (bicyclic) bond motifs is 1. The van der Waals surface area contributed by atoms with Crippen LogP contribution >= 0.6 is 0 Å². The lowest BCUT2D eigenvalue weighted by atomic mass is 10.1. The minimum atomic E-state index is -0.0268. The van der Waals surface area contributed by atoms with Gasteiger partial charge in [-0.3, -0.25) is 9.89 Å². The van der Waals surface area contributed by atoms with E-state index in [2.05, 4.69) is 20.5 Å². The molecule has 0 spiro atoms. The van der Waals surface area contributed by atoms with Gasteiger partial charge in [0.15, 0.2) is 5.82 Å². The van der Waals surface area contributed by atoms with Crippen LogP contribution in [-0.2, 0) is 17.6 Å². The van der Waals surface area contributed by atoms with Gasteiger partial charge in [0.25, 0.3) is 0 Å². The van der Waals surface area contributed by atoms with Crippen LogP contribution < -0.4 is 5.32 Å². The van der Waals surface area contributed by atoms with Crippen LogP contribution in [0.15, 0.2) is 4.99 Å². The van der Waals surface area contributed by atoms with Gasteiger partial charge in [0.05, 0.1) is 6.42 Å². The fourth-order valence-corrected chi connectivity index (χ4v) is 1.55. The predicted molar refractivity (Wildman–Crippen MR) is 52.6 cm³/mol. The highest BCUT2D eigenvalue weighted by atomic mass is 16.1. The van der Waals surface area contributed by atoms with Gasteiger partial charge >= 0.3 is 0 Å². The average molecular weight is 192 g/mol. The number of H-pyrrole nitrogens is 1. The van der Waals surface area contributed by atoms with E-state index in [1.54, 1.807) is 6.92 Å². The van der Waals surface area contributed by atoms with E-state index in [0.29, 0.717) is 18.1 Å². The Morgan fingerprint density at radius 1 is 1.50 bits per heavy atom. The van der Waals surface area contributed by atoms with Gasteiger partial charge in [0.1, 0.15) is 5.84 Å². The standard InChI is InChI=1S/C9H12N4O/c1-3-7-6-4-8(14)10-5(2)11-9(6)13-12-7/h3-4H2,1-2H3,(H2,10,11,12,13,14). The van der Waals surface area contributed by atoms with Crippen LogP contribution in [0.4, 0.5) is 5.82 Å². The molecular weight excluding hydrogens is 180 g/mol. The van der Waals surface area contributed by atoms with Crippen molar-refractivity contribution < 1.29 is 4.79 Å². The molecule has 5 nitrogen and oxygen atoms in total. The van der Waals surface area contributed by atoms with Gasteiger partial charge in [-0.2, -0.15) is 5.10 Å². The molecule has 0 bridgehead atoms. The predicted octanol–water partition coefficient (Wildman–Crippen LogP) is 0.694. The Morgan fingerprint density at radius 2 is 2.29 bits per heavy atom. The summed E-state index contributed by atoms with van der Waals surface area (Å²) in [5.41, 5.74) is 1.91. The molecule has 1 aliphatic rings. The zero-order chi connectivity index (χ0) is 10.1. The molecule has 1 aromatic heterocycles. The minimum absolute atomic E-state index is 0.0268. The Morgan fingerprint density at radius 3 is 3.00 bits per heavy atom. The molecule has 2 N–H and O–H groups in total. The van der Waals surface area contributed by atoms with Crippen LogP contribution in [0, 0.1) is 0 Å². The zero-order valence-corrected chi connectivity index (χ0v) is 8.22. The van der Waals surface area contributed by atoms with Gasteiger partial charge in [0, 0.05) is 11.3 Å². The third-order valence-corrected chi connectivity index (χ3v) is 2.22. The van der Waals surface area contributed by atoms with Crippen molar-refractivity contribution in [1.29, 1.82) is 0 Å². The van der Waals surface area contributed by atoms with Crippen LogP contribution in [0.5, 0.6) is 0 Å². The second kappa shape index (κ2) is 3.25. The first-order valence-electron chi connectivity index (χ1n) is 4.62. The van der Waals surface area contributed by atoms with E-state index in [-0.39, 0.29) is 5.91 Å². The number of aliphatic imine (C=N–C) groups is 1. The van der Waals surface area contributed by atoms with Gasteiger partial charge in [0.2, 0.25) is 5.91 Å². The normalized spacial score (nSPS) is 15.6. The smallest absolute Gasteiger partial charge is 0.229 e. The fourth-order valence-electron chi connectivity index (χ4n) is 1.55. The summed E-state index contributed by atoms with van der Waals surface area (Å²) in [5, 5.41) is 9.65. The Balaban J connectivity index is 2.50. The monoisotopic (exact) mass is 192 g/mol. The molecule has 1 aromatic rings. The number of aromatic amines is 1. The molecule has 0 aromatic carbocycles. The summed E-state index contributed by atoms with van der Waals surface area (Å²) in [5.74, 6) is 1.21. The summed E-state index contributed by atoms with van der Waals surface area (Å²) in [6.45, 7) is 3.78. The highest BCUT2D eigenvalue weighted by molar-refractivity contribution is 6.00. The number of nitrogens with zero attached hydrogens (tertiary/aromatic N) is 2. The van der Waals surface area contributed by atoms with E-state index in [1.807, 2.05) is 6.92 Å². The van der Waals surface area contributed by atoms with Gasteiger partial charge in [-0.05, 0) is 13.3 Å². The van der Waals surface area contributed by atoms with Gasteiger partial charge in [-0.15, -0.1) is 0 Å². The Labute approximate surface area is 81.6 Å². The van der Waals surface area contributed by atoms with Crippen molar-refractivity contribution in [1.82, 2.24) is 15.5 Å². The lowest BCUT2D eigenvalue weighted by Crippen LogP contribution is -2.28. The number of hydrogen-bond acceptors (Lipinski definition) is 3. The SMILES string of the molecule is CCc1[nH]nc2c1CC(=O)NC(C)=N2. The van der Waals surface area contributed by atoms with Crippen molar-refractivity contribution in [3.8, 4) is 0 Å². The highest BCUT2D eigenvalue weighted by Gasteiger charge is 2.18. The summed E-state index contributed by atoms with van der Waals surface area (Å²) < 4.78 is 0. The van der Waals surface area contributed by atoms with Gasteiger partial charge in [-0.25, -0.2) is 4.99 Å². The largest absolute Gasteiger partial charge is 0.314 e. The van der Waals surface area contributed by atoms with Crippen LogP contribution in [0.3, 0.4) is 0 Å². The summed E-state index contributed by atoms with van der Waals surface area (Å²) in [4.78, 5) is 15.6. The molecule has 1 aliphatic heterocycles. The molecule has 0 saturated heterocycles. The number of carbonyl (C=O) groups excluding carboxylic acids is 1. The number of amidine groups is 1.